The Bertz CT molecular complexity index is 1320. The standard InChI is InChI=1S/C27H28F4N6O2/c1-17(38)35-25-7-4-19(14-34-25)18-3-6-24(23(28)12-18)33-15-26(39)36-21-5-2-20(22(13-21)27(29,30)31)16-37-10-8-32-9-11-37/h2-7,12-14,32-33H,8-11,15-16H2,1H3,(H,36,39)(H,34,35,38). The molecule has 1 aliphatic heterocycles. The summed E-state index contributed by atoms with van der Waals surface area (Å²) in [5.74, 6) is -1.14. The van der Waals surface area contributed by atoms with Crippen LogP contribution in [-0.4, -0.2) is 54.4 Å². The Balaban J connectivity index is 1.37. The van der Waals surface area contributed by atoms with E-state index < -0.39 is 23.5 Å². The number of alkyl halides is 3. The summed E-state index contributed by atoms with van der Waals surface area (Å²) < 4.78 is 55.9. The first-order chi connectivity index (χ1) is 18.6. The van der Waals surface area contributed by atoms with E-state index in [0.29, 0.717) is 30.0 Å². The summed E-state index contributed by atoms with van der Waals surface area (Å²) in [5.41, 5.74) is 0.553. The van der Waals surface area contributed by atoms with Gasteiger partial charge in [0, 0.05) is 57.1 Å². The van der Waals surface area contributed by atoms with Gasteiger partial charge in [-0.2, -0.15) is 13.2 Å². The highest BCUT2D eigenvalue weighted by Crippen LogP contribution is 2.34. The second kappa shape index (κ2) is 12.2. The maximum absolute atomic E-state index is 14.7. The minimum atomic E-state index is -4.58. The molecular weight excluding hydrogens is 516 g/mol. The van der Waals surface area contributed by atoms with Gasteiger partial charge in [0.1, 0.15) is 11.6 Å². The summed E-state index contributed by atoms with van der Waals surface area (Å²) >= 11 is 0. The minimum Gasteiger partial charge on any atom is -0.374 e. The lowest BCUT2D eigenvalue weighted by atomic mass is 10.0. The van der Waals surface area contributed by atoms with Crippen molar-refractivity contribution in [1.29, 1.82) is 0 Å². The largest absolute Gasteiger partial charge is 0.416 e. The van der Waals surface area contributed by atoms with Crippen LogP contribution in [0, 0.1) is 5.82 Å². The third kappa shape index (κ3) is 7.74. The van der Waals surface area contributed by atoms with Crippen molar-refractivity contribution >= 4 is 29.0 Å². The number of anilines is 3. The molecule has 2 amide bonds. The van der Waals surface area contributed by atoms with Crippen molar-refractivity contribution < 1.29 is 27.2 Å². The molecule has 0 radical (unpaired) electrons. The normalized spacial score (nSPS) is 14.1. The van der Waals surface area contributed by atoms with E-state index in [-0.39, 0.29) is 35.9 Å². The van der Waals surface area contributed by atoms with Crippen LogP contribution in [-0.2, 0) is 22.3 Å². The summed E-state index contributed by atoms with van der Waals surface area (Å²) in [5, 5.41) is 10.8. The minimum absolute atomic E-state index is 0.00390. The smallest absolute Gasteiger partial charge is 0.374 e. The molecule has 1 aromatic heterocycles. The molecule has 0 bridgehead atoms. The third-order valence-corrected chi connectivity index (χ3v) is 6.11. The van der Waals surface area contributed by atoms with Crippen LogP contribution in [0.2, 0.25) is 0 Å². The highest BCUT2D eigenvalue weighted by Gasteiger charge is 2.34. The van der Waals surface area contributed by atoms with Gasteiger partial charge >= 0.3 is 6.18 Å². The van der Waals surface area contributed by atoms with Crippen LogP contribution in [0.5, 0.6) is 0 Å². The molecule has 3 aromatic rings. The van der Waals surface area contributed by atoms with Gasteiger partial charge in [0.05, 0.1) is 17.8 Å². The number of rotatable bonds is 8. The number of carbonyl (C=O) groups is 2. The predicted molar refractivity (Wildman–Crippen MR) is 141 cm³/mol. The molecule has 0 spiro atoms. The maximum Gasteiger partial charge on any atom is 0.416 e. The lowest BCUT2D eigenvalue weighted by molar-refractivity contribution is -0.138. The highest BCUT2D eigenvalue weighted by atomic mass is 19.4. The average molecular weight is 545 g/mol. The molecule has 0 atom stereocenters. The molecule has 4 rings (SSSR count). The van der Waals surface area contributed by atoms with E-state index in [1.165, 1.54) is 37.4 Å². The number of halogens is 4. The van der Waals surface area contributed by atoms with Gasteiger partial charge in [-0.05, 0) is 47.5 Å². The Morgan fingerprint density at radius 3 is 2.38 bits per heavy atom. The molecule has 2 aromatic carbocycles. The number of hydrogen-bond donors (Lipinski definition) is 4. The SMILES string of the molecule is CC(=O)Nc1ccc(-c2ccc(NCC(=O)Nc3ccc(CN4CCNCC4)c(C(F)(F)F)c3)c(F)c2)cn1. The van der Waals surface area contributed by atoms with Crippen molar-refractivity contribution in [2.24, 2.45) is 0 Å². The molecular formula is C27H28F4N6O2. The van der Waals surface area contributed by atoms with E-state index in [1.54, 1.807) is 18.2 Å². The van der Waals surface area contributed by atoms with Crippen LogP contribution in [0.15, 0.2) is 54.7 Å². The van der Waals surface area contributed by atoms with Gasteiger partial charge < -0.3 is 21.3 Å². The number of hydrogen-bond acceptors (Lipinski definition) is 6. The van der Waals surface area contributed by atoms with Gasteiger partial charge in [-0.3, -0.25) is 14.5 Å². The monoisotopic (exact) mass is 544 g/mol. The van der Waals surface area contributed by atoms with Crippen molar-refractivity contribution in [2.75, 3.05) is 48.7 Å². The molecule has 12 heteroatoms. The number of piperazine rings is 1. The summed E-state index contributed by atoms with van der Waals surface area (Å²) in [7, 11) is 0. The number of benzene rings is 2. The van der Waals surface area contributed by atoms with Gasteiger partial charge in [-0.1, -0.05) is 12.1 Å². The van der Waals surface area contributed by atoms with Gasteiger partial charge in [0.15, 0.2) is 0 Å². The second-order valence-corrected chi connectivity index (χ2v) is 9.11. The third-order valence-electron chi connectivity index (χ3n) is 6.11. The molecule has 39 heavy (non-hydrogen) atoms. The average Bonchev–Trinajstić information content (AvgIpc) is 2.89. The number of amides is 2. The Morgan fingerprint density at radius 1 is 1.00 bits per heavy atom. The summed E-state index contributed by atoms with van der Waals surface area (Å²) in [4.78, 5) is 29.6. The molecule has 0 aliphatic carbocycles. The van der Waals surface area contributed by atoms with E-state index in [2.05, 4.69) is 26.3 Å². The number of nitrogens with zero attached hydrogens (tertiary/aromatic N) is 2. The Hall–Kier alpha value is -4.03. The van der Waals surface area contributed by atoms with Crippen molar-refractivity contribution in [3.05, 3.63) is 71.7 Å². The van der Waals surface area contributed by atoms with Crippen molar-refractivity contribution in [3.8, 4) is 11.1 Å². The fourth-order valence-corrected chi connectivity index (χ4v) is 4.20. The number of carbonyl (C=O) groups excluding carboxylic acids is 2. The van der Waals surface area contributed by atoms with Crippen molar-refractivity contribution in [1.82, 2.24) is 15.2 Å². The highest BCUT2D eigenvalue weighted by molar-refractivity contribution is 5.94. The molecule has 1 saturated heterocycles. The maximum atomic E-state index is 14.7. The molecule has 206 valence electrons. The summed E-state index contributed by atoms with van der Waals surface area (Å²) in [6, 6.07) is 11.4. The van der Waals surface area contributed by atoms with Crippen LogP contribution in [0.25, 0.3) is 11.1 Å². The fourth-order valence-electron chi connectivity index (χ4n) is 4.20. The molecule has 8 nitrogen and oxygen atoms in total. The lowest BCUT2D eigenvalue weighted by Crippen LogP contribution is -2.43. The zero-order valence-corrected chi connectivity index (χ0v) is 21.2. The Labute approximate surface area is 222 Å². The molecule has 1 fully saturated rings. The first-order valence-corrected chi connectivity index (χ1v) is 12.3. The van der Waals surface area contributed by atoms with E-state index in [4.69, 9.17) is 0 Å². The van der Waals surface area contributed by atoms with Crippen LogP contribution in [0.1, 0.15) is 18.1 Å². The number of aromatic nitrogens is 1. The van der Waals surface area contributed by atoms with Crippen LogP contribution < -0.4 is 21.3 Å². The van der Waals surface area contributed by atoms with Gasteiger partial charge in [0.25, 0.3) is 0 Å². The zero-order valence-electron chi connectivity index (χ0n) is 21.2. The first-order valence-electron chi connectivity index (χ1n) is 12.3. The van der Waals surface area contributed by atoms with Gasteiger partial charge in [-0.25, -0.2) is 9.37 Å². The van der Waals surface area contributed by atoms with E-state index in [1.807, 2.05) is 4.90 Å². The zero-order chi connectivity index (χ0) is 28.0. The molecule has 0 saturated carbocycles. The summed E-state index contributed by atoms with van der Waals surface area (Å²) in [6.45, 7) is 3.92. The first kappa shape index (κ1) is 28.0. The topological polar surface area (TPSA) is 98.4 Å². The van der Waals surface area contributed by atoms with Gasteiger partial charge in [0.2, 0.25) is 11.8 Å². The van der Waals surface area contributed by atoms with E-state index in [9.17, 15) is 27.2 Å². The summed E-state index contributed by atoms with van der Waals surface area (Å²) in [6.07, 6.45) is -3.09. The number of pyridine rings is 1. The van der Waals surface area contributed by atoms with Crippen LogP contribution in [0.4, 0.5) is 34.8 Å². The lowest BCUT2D eigenvalue weighted by Gasteiger charge is -2.28. The van der Waals surface area contributed by atoms with Crippen LogP contribution >= 0.6 is 0 Å². The van der Waals surface area contributed by atoms with E-state index in [0.717, 1.165) is 19.2 Å². The molecule has 4 N–H and O–H groups in total. The van der Waals surface area contributed by atoms with Crippen LogP contribution in [0.3, 0.4) is 0 Å². The Kier molecular flexibility index (Phi) is 8.77. The fraction of sp³-hybridized carbons (Fsp3) is 0.296. The van der Waals surface area contributed by atoms with Gasteiger partial charge in [-0.15, -0.1) is 0 Å². The van der Waals surface area contributed by atoms with E-state index >= 15 is 0 Å². The number of nitrogens with one attached hydrogen (secondary N) is 4. The Morgan fingerprint density at radius 2 is 1.74 bits per heavy atom. The quantitative estimate of drug-likeness (QED) is 0.316. The predicted octanol–water partition coefficient (Wildman–Crippen LogP) is 4.32. The molecule has 1 aliphatic rings. The van der Waals surface area contributed by atoms with Crippen molar-refractivity contribution in [2.45, 2.75) is 19.6 Å². The van der Waals surface area contributed by atoms with Crippen molar-refractivity contribution in [3.63, 3.8) is 0 Å². The molecule has 2 heterocycles. The second-order valence-electron chi connectivity index (χ2n) is 9.11. The molecule has 0 unspecified atom stereocenters.